The van der Waals surface area contributed by atoms with Gasteiger partial charge in [0.1, 0.15) is 0 Å². The van der Waals surface area contributed by atoms with Crippen LogP contribution in [-0.4, -0.2) is 0 Å². The van der Waals surface area contributed by atoms with Crippen LogP contribution >= 0.6 is 0 Å². The van der Waals surface area contributed by atoms with Crippen molar-refractivity contribution < 1.29 is 0 Å². The van der Waals surface area contributed by atoms with Crippen LogP contribution < -0.4 is 0 Å². The molecule has 1 radical (unpaired) electrons. The molecular weight excluding hydrogens is 132 g/mol. The molecule has 0 aromatic heterocycles. The van der Waals surface area contributed by atoms with E-state index in [1.54, 1.807) is 6.42 Å². The van der Waals surface area contributed by atoms with Crippen molar-refractivity contribution >= 4 is 0 Å². The highest BCUT2D eigenvalue weighted by atomic mass is 14.5. The van der Waals surface area contributed by atoms with E-state index in [1.165, 1.54) is 25.7 Å². The zero-order valence-electron chi connectivity index (χ0n) is 7.34. The Bertz CT molecular complexity index is 145. The molecule has 2 unspecified atom stereocenters. The van der Waals surface area contributed by atoms with Gasteiger partial charge in [-0.25, -0.2) is 0 Å². The van der Waals surface area contributed by atoms with E-state index in [2.05, 4.69) is 13.3 Å². The maximum absolute atomic E-state index is 2.68. The van der Waals surface area contributed by atoms with Crippen molar-refractivity contribution in [2.75, 3.05) is 0 Å². The highest BCUT2D eigenvalue weighted by Gasteiger charge is 2.48. The molecule has 0 nitrogen and oxygen atoms in total. The van der Waals surface area contributed by atoms with Gasteiger partial charge < -0.3 is 0 Å². The number of hydrogen-bond donors (Lipinski definition) is 0. The second kappa shape index (κ2) is 1.84. The largest absolute Gasteiger partial charge is 0.0593 e. The summed E-state index contributed by atoms with van der Waals surface area (Å²) in [5.74, 6) is 3.25. The highest BCUT2D eigenvalue weighted by molar-refractivity contribution is 5.08. The minimum atomic E-state index is 0.675. The van der Waals surface area contributed by atoms with E-state index in [-0.39, 0.29) is 0 Å². The highest BCUT2D eigenvalue weighted by Crippen LogP contribution is 2.59. The van der Waals surface area contributed by atoms with Gasteiger partial charge in [0.05, 0.1) is 0 Å². The van der Waals surface area contributed by atoms with Crippen molar-refractivity contribution in [3.8, 4) is 0 Å². The summed E-state index contributed by atoms with van der Waals surface area (Å²) in [6, 6.07) is 0. The first kappa shape index (κ1) is 6.51. The summed E-state index contributed by atoms with van der Waals surface area (Å²) in [5.41, 5.74) is 0.675. The average Bonchev–Trinajstić information content (AvgIpc) is 1.79. The van der Waals surface area contributed by atoms with Crippen LogP contribution in [0.15, 0.2) is 0 Å². The molecule has 0 heterocycles. The Morgan fingerprint density at radius 2 is 1.73 bits per heavy atom. The fourth-order valence-electron chi connectivity index (χ4n) is 4.19. The molecule has 4 aliphatic carbocycles. The van der Waals surface area contributed by atoms with Crippen LogP contribution in [0.2, 0.25) is 0 Å². The first-order valence-corrected chi connectivity index (χ1v) is 5.10. The molecule has 0 spiro atoms. The minimum absolute atomic E-state index is 0.675. The van der Waals surface area contributed by atoms with Crippen LogP contribution in [-0.2, 0) is 0 Å². The third-order valence-corrected chi connectivity index (χ3v) is 4.09. The molecule has 0 saturated heterocycles. The Morgan fingerprint density at radius 3 is 2.18 bits per heavy atom. The monoisotopic (exact) mass is 149 g/mol. The fraction of sp³-hybridized carbons (Fsp3) is 0.909. The smallest absolute Gasteiger partial charge is 0.0287 e. The van der Waals surface area contributed by atoms with Gasteiger partial charge in [-0.15, -0.1) is 0 Å². The van der Waals surface area contributed by atoms with Crippen LogP contribution in [0.3, 0.4) is 0 Å². The molecule has 4 saturated carbocycles. The van der Waals surface area contributed by atoms with Crippen LogP contribution in [0.25, 0.3) is 0 Å². The van der Waals surface area contributed by atoms with Gasteiger partial charge in [-0.3, -0.25) is 0 Å². The lowest BCUT2D eigenvalue weighted by atomic mass is 9.50. The summed E-state index contributed by atoms with van der Waals surface area (Å²) in [4.78, 5) is 0. The Hall–Kier alpha value is 0. The van der Waals surface area contributed by atoms with E-state index in [1.807, 2.05) is 0 Å². The summed E-state index contributed by atoms with van der Waals surface area (Å²) >= 11 is 0. The van der Waals surface area contributed by atoms with Crippen LogP contribution in [0, 0.1) is 29.6 Å². The standard InChI is InChI=1S/C11H17/c1-11-5-8-2-9(6-11)4-10(3-8)7-11/h5,8-10H,2-4,6-7H2,1H3. The minimum Gasteiger partial charge on any atom is -0.0593 e. The summed E-state index contributed by atoms with van der Waals surface area (Å²) in [5, 5.41) is 0. The number of hydrogen-bond acceptors (Lipinski definition) is 0. The second-order valence-electron chi connectivity index (χ2n) is 5.43. The molecule has 0 aromatic carbocycles. The van der Waals surface area contributed by atoms with Gasteiger partial charge in [0.2, 0.25) is 0 Å². The lowest BCUT2D eigenvalue weighted by Crippen LogP contribution is -2.44. The third kappa shape index (κ3) is 0.878. The zero-order chi connectivity index (χ0) is 7.47. The molecule has 61 valence electrons. The first-order valence-electron chi connectivity index (χ1n) is 5.10. The fourth-order valence-corrected chi connectivity index (χ4v) is 4.19. The zero-order valence-corrected chi connectivity index (χ0v) is 7.34. The van der Waals surface area contributed by atoms with Crippen molar-refractivity contribution in [3.63, 3.8) is 0 Å². The lowest BCUT2D eigenvalue weighted by molar-refractivity contribution is 0.00824. The summed E-state index contributed by atoms with van der Waals surface area (Å²) in [7, 11) is 0. The lowest BCUT2D eigenvalue weighted by Gasteiger charge is -2.55. The van der Waals surface area contributed by atoms with Crippen LogP contribution in [0.5, 0.6) is 0 Å². The van der Waals surface area contributed by atoms with Gasteiger partial charge in [0.15, 0.2) is 0 Å². The third-order valence-electron chi connectivity index (χ3n) is 4.09. The molecule has 4 fully saturated rings. The molecule has 2 atom stereocenters. The van der Waals surface area contributed by atoms with Crippen molar-refractivity contribution in [1.29, 1.82) is 0 Å². The van der Waals surface area contributed by atoms with Crippen molar-refractivity contribution in [3.05, 3.63) is 6.42 Å². The molecule has 11 heavy (non-hydrogen) atoms. The molecule has 4 bridgehead atoms. The van der Waals surface area contributed by atoms with Crippen LogP contribution in [0.4, 0.5) is 0 Å². The molecule has 0 amide bonds. The average molecular weight is 149 g/mol. The van der Waals surface area contributed by atoms with E-state index >= 15 is 0 Å². The number of rotatable bonds is 0. The van der Waals surface area contributed by atoms with Crippen molar-refractivity contribution in [2.45, 2.75) is 39.0 Å². The molecular formula is C11H17. The van der Waals surface area contributed by atoms with Crippen molar-refractivity contribution in [2.24, 2.45) is 23.2 Å². The molecule has 4 aliphatic rings. The quantitative estimate of drug-likeness (QED) is 0.496. The Labute approximate surface area is 69.4 Å². The van der Waals surface area contributed by atoms with Crippen LogP contribution in [0.1, 0.15) is 39.0 Å². The van der Waals surface area contributed by atoms with E-state index in [9.17, 15) is 0 Å². The van der Waals surface area contributed by atoms with Gasteiger partial charge in [-0.05, 0) is 61.7 Å². The molecule has 0 aromatic rings. The molecule has 0 aliphatic heterocycles. The normalized spacial score (nSPS) is 60.3. The van der Waals surface area contributed by atoms with Gasteiger partial charge in [-0.2, -0.15) is 0 Å². The predicted molar refractivity (Wildman–Crippen MR) is 46.0 cm³/mol. The summed E-state index contributed by atoms with van der Waals surface area (Å²) in [6.45, 7) is 2.48. The Balaban J connectivity index is 1.94. The first-order chi connectivity index (χ1) is 5.23. The molecule has 0 heteroatoms. The summed E-state index contributed by atoms with van der Waals surface area (Å²) < 4.78 is 0. The van der Waals surface area contributed by atoms with Gasteiger partial charge in [0.25, 0.3) is 0 Å². The van der Waals surface area contributed by atoms with Gasteiger partial charge >= 0.3 is 0 Å². The van der Waals surface area contributed by atoms with Gasteiger partial charge in [0, 0.05) is 0 Å². The summed E-state index contributed by atoms with van der Waals surface area (Å²) in [6.07, 6.45) is 10.3. The van der Waals surface area contributed by atoms with E-state index in [0.29, 0.717) is 5.41 Å². The van der Waals surface area contributed by atoms with E-state index < -0.39 is 0 Å². The Morgan fingerprint density at radius 1 is 1.09 bits per heavy atom. The van der Waals surface area contributed by atoms with E-state index in [0.717, 1.165) is 17.8 Å². The van der Waals surface area contributed by atoms with E-state index in [4.69, 9.17) is 0 Å². The second-order valence-corrected chi connectivity index (χ2v) is 5.43. The molecule has 0 N–H and O–H groups in total. The maximum Gasteiger partial charge on any atom is -0.0287 e. The Kier molecular flexibility index (Phi) is 1.09. The maximum atomic E-state index is 2.68. The predicted octanol–water partition coefficient (Wildman–Crippen LogP) is 3.04. The topological polar surface area (TPSA) is 0 Å². The molecule has 4 rings (SSSR count). The SMILES string of the molecule is CC12[CH]C3CC(CC(C3)C1)C2. The van der Waals surface area contributed by atoms with Gasteiger partial charge in [-0.1, -0.05) is 6.92 Å². The van der Waals surface area contributed by atoms with Crippen molar-refractivity contribution in [1.82, 2.24) is 0 Å².